The first-order valence-electron chi connectivity index (χ1n) is 10.3. The standard InChI is InChI=1S/C24H26N2O3/c1-15(2)14-21(26-22(27)18-9-5-6-10-19(18)23(26)28)24(29)25-16(3)12-13-17-8-4-7-11-20(17)25/h4-11,15-16,21H,12-14H2,1-3H3/t16-,21-/m0/s1. The number of fused-ring (bicyclic) bond motifs is 2. The molecule has 3 amide bonds. The SMILES string of the molecule is CC(C)C[C@@H](C(=O)N1c2ccccc2CC[C@@H]1C)N1C(=O)c2ccccc2C1=O. The topological polar surface area (TPSA) is 57.7 Å². The Labute approximate surface area is 171 Å². The van der Waals surface area contributed by atoms with Crippen molar-refractivity contribution in [3.8, 4) is 0 Å². The van der Waals surface area contributed by atoms with Gasteiger partial charge in [-0.15, -0.1) is 0 Å². The second-order valence-corrected chi connectivity index (χ2v) is 8.40. The lowest BCUT2D eigenvalue weighted by Crippen LogP contribution is -2.55. The number of rotatable bonds is 4. The van der Waals surface area contributed by atoms with Crippen LogP contribution in [0, 0.1) is 5.92 Å². The molecule has 29 heavy (non-hydrogen) atoms. The molecule has 0 spiro atoms. The molecule has 2 aliphatic heterocycles. The van der Waals surface area contributed by atoms with E-state index < -0.39 is 6.04 Å². The molecule has 0 N–H and O–H groups in total. The molecule has 2 aliphatic rings. The molecule has 5 nitrogen and oxygen atoms in total. The first kappa shape index (κ1) is 19.4. The summed E-state index contributed by atoms with van der Waals surface area (Å²) in [7, 11) is 0. The van der Waals surface area contributed by atoms with E-state index in [1.54, 1.807) is 29.2 Å². The van der Waals surface area contributed by atoms with E-state index in [1.807, 2.05) is 45.0 Å². The summed E-state index contributed by atoms with van der Waals surface area (Å²) in [5.41, 5.74) is 2.78. The molecule has 0 aliphatic carbocycles. The summed E-state index contributed by atoms with van der Waals surface area (Å²) < 4.78 is 0. The van der Waals surface area contributed by atoms with Crippen molar-refractivity contribution in [3.63, 3.8) is 0 Å². The van der Waals surface area contributed by atoms with Gasteiger partial charge in [0.25, 0.3) is 17.7 Å². The summed E-state index contributed by atoms with van der Waals surface area (Å²) in [6.07, 6.45) is 2.22. The summed E-state index contributed by atoms with van der Waals surface area (Å²) in [6, 6.07) is 13.9. The molecule has 0 unspecified atom stereocenters. The third-order valence-corrected chi connectivity index (χ3v) is 5.88. The van der Waals surface area contributed by atoms with Crippen LogP contribution in [-0.4, -0.2) is 34.7 Å². The molecule has 0 aromatic heterocycles. The van der Waals surface area contributed by atoms with Gasteiger partial charge in [0.15, 0.2) is 0 Å². The monoisotopic (exact) mass is 390 g/mol. The Bertz CT molecular complexity index is 947. The fourth-order valence-corrected chi connectivity index (χ4v) is 4.44. The Morgan fingerprint density at radius 1 is 1.00 bits per heavy atom. The minimum absolute atomic E-state index is 0.0160. The van der Waals surface area contributed by atoms with E-state index in [0.717, 1.165) is 24.1 Å². The highest BCUT2D eigenvalue weighted by Crippen LogP contribution is 2.34. The molecule has 2 aromatic rings. The molecule has 0 radical (unpaired) electrons. The van der Waals surface area contributed by atoms with E-state index in [-0.39, 0.29) is 29.7 Å². The average Bonchev–Trinajstić information content (AvgIpc) is 2.96. The minimum atomic E-state index is -0.809. The number of hydrogen-bond donors (Lipinski definition) is 0. The molecule has 4 rings (SSSR count). The van der Waals surface area contributed by atoms with Crippen molar-refractivity contribution in [1.29, 1.82) is 0 Å². The van der Waals surface area contributed by atoms with Gasteiger partial charge in [-0.2, -0.15) is 0 Å². The zero-order chi connectivity index (χ0) is 20.7. The number of carbonyl (C=O) groups excluding carboxylic acids is 3. The quantitative estimate of drug-likeness (QED) is 0.740. The molecule has 0 fully saturated rings. The smallest absolute Gasteiger partial charge is 0.262 e. The van der Waals surface area contributed by atoms with Crippen LogP contribution in [0.2, 0.25) is 0 Å². The number of nitrogens with zero attached hydrogens (tertiary/aromatic N) is 2. The molecule has 0 saturated heterocycles. The molecule has 2 atom stereocenters. The zero-order valence-corrected chi connectivity index (χ0v) is 17.1. The van der Waals surface area contributed by atoms with Crippen molar-refractivity contribution in [2.75, 3.05) is 4.90 Å². The van der Waals surface area contributed by atoms with E-state index in [4.69, 9.17) is 0 Å². The Hall–Kier alpha value is -2.95. The molecule has 5 heteroatoms. The summed E-state index contributed by atoms with van der Waals surface area (Å²) >= 11 is 0. The predicted molar refractivity (Wildman–Crippen MR) is 112 cm³/mol. The molecule has 2 heterocycles. The van der Waals surface area contributed by atoms with Gasteiger partial charge in [-0.3, -0.25) is 19.3 Å². The number of anilines is 1. The largest absolute Gasteiger partial charge is 0.308 e. The maximum absolute atomic E-state index is 13.8. The van der Waals surface area contributed by atoms with Crippen LogP contribution in [0.4, 0.5) is 5.69 Å². The third-order valence-electron chi connectivity index (χ3n) is 5.88. The predicted octanol–water partition coefficient (Wildman–Crippen LogP) is 4.07. The summed E-state index contributed by atoms with van der Waals surface area (Å²) in [5.74, 6) is -0.762. The van der Waals surface area contributed by atoms with Crippen molar-refractivity contribution in [1.82, 2.24) is 4.90 Å². The highest BCUT2D eigenvalue weighted by molar-refractivity contribution is 6.23. The Kier molecular flexibility index (Phi) is 4.99. The van der Waals surface area contributed by atoms with Gasteiger partial charge in [0, 0.05) is 11.7 Å². The third kappa shape index (κ3) is 3.24. The van der Waals surface area contributed by atoms with Crippen LogP contribution in [0.5, 0.6) is 0 Å². The van der Waals surface area contributed by atoms with Crippen molar-refractivity contribution >= 4 is 23.4 Å². The summed E-state index contributed by atoms with van der Waals surface area (Å²) in [6.45, 7) is 6.04. The van der Waals surface area contributed by atoms with E-state index >= 15 is 0 Å². The van der Waals surface area contributed by atoms with E-state index in [0.29, 0.717) is 17.5 Å². The van der Waals surface area contributed by atoms with Crippen LogP contribution >= 0.6 is 0 Å². The second kappa shape index (κ2) is 7.47. The van der Waals surface area contributed by atoms with Gasteiger partial charge < -0.3 is 4.90 Å². The van der Waals surface area contributed by atoms with Gasteiger partial charge >= 0.3 is 0 Å². The van der Waals surface area contributed by atoms with Crippen molar-refractivity contribution < 1.29 is 14.4 Å². The Balaban J connectivity index is 1.74. The molecule has 0 saturated carbocycles. The fourth-order valence-electron chi connectivity index (χ4n) is 4.44. The van der Waals surface area contributed by atoms with Crippen molar-refractivity contribution in [3.05, 3.63) is 65.2 Å². The van der Waals surface area contributed by atoms with Gasteiger partial charge in [0.2, 0.25) is 0 Å². The lowest BCUT2D eigenvalue weighted by Gasteiger charge is -2.39. The molecular formula is C24H26N2O3. The second-order valence-electron chi connectivity index (χ2n) is 8.40. The maximum Gasteiger partial charge on any atom is 0.262 e. The highest BCUT2D eigenvalue weighted by Gasteiger charge is 2.45. The lowest BCUT2D eigenvalue weighted by molar-refractivity contribution is -0.123. The van der Waals surface area contributed by atoms with Crippen molar-refractivity contribution in [2.24, 2.45) is 5.92 Å². The first-order chi connectivity index (χ1) is 13.9. The van der Waals surface area contributed by atoms with E-state index in [9.17, 15) is 14.4 Å². The van der Waals surface area contributed by atoms with Crippen molar-refractivity contribution in [2.45, 2.75) is 52.1 Å². The number of hydrogen-bond acceptors (Lipinski definition) is 3. The summed E-state index contributed by atoms with van der Waals surface area (Å²) in [5, 5.41) is 0. The van der Waals surface area contributed by atoms with Crippen LogP contribution in [0.25, 0.3) is 0 Å². The van der Waals surface area contributed by atoms with Crippen LogP contribution in [-0.2, 0) is 11.2 Å². The molecular weight excluding hydrogens is 364 g/mol. The first-order valence-corrected chi connectivity index (χ1v) is 10.3. The van der Waals surface area contributed by atoms with E-state index in [1.165, 1.54) is 4.90 Å². The number of imide groups is 1. The number of aryl methyl sites for hydroxylation is 1. The Morgan fingerprint density at radius 3 is 2.21 bits per heavy atom. The zero-order valence-electron chi connectivity index (χ0n) is 17.1. The van der Waals surface area contributed by atoms with Crippen LogP contribution in [0.15, 0.2) is 48.5 Å². The number of benzene rings is 2. The number of amides is 3. The molecule has 150 valence electrons. The Morgan fingerprint density at radius 2 is 1.59 bits per heavy atom. The van der Waals surface area contributed by atoms with Gasteiger partial charge in [0.05, 0.1) is 11.1 Å². The van der Waals surface area contributed by atoms with E-state index in [2.05, 4.69) is 0 Å². The van der Waals surface area contributed by atoms with Crippen LogP contribution in [0.1, 0.15) is 59.9 Å². The van der Waals surface area contributed by atoms with Gasteiger partial charge in [-0.25, -0.2) is 0 Å². The number of carbonyl (C=O) groups is 3. The summed E-state index contributed by atoms with van der Waals surface area (Å²) in [4.78, 5) is 43.0. The van der Waals surface area contributed by atoms with Crippen LogP contribution < -0.4 is 4.90 Å². The molecule has 0 bridgehead atoms. The molecule has 2 aromatic carbocycles. The van der Waals surface area contributed by atoms with Gasteiger partial charge in [-0.1, -0.05) is 44.2 Å². The minimum Gasteiger partial charge on any atom is -0.308 e. The highest BCUT2D eigenvalue weighted by atomic mass is 16.2. The maximum atomic E-state index is 13.8. The average molecular weight is 390 g/mol. The fraction of sp³-hybridized carbons (Fsp3) is 0.375. The lowest BCUT2D eigenvalue weighted by atomic mass is 9.94. The normalized spacial score (nSPS) is 19.4. The number of para-hydroxylation sites is 1. The van der Waals surface area contributed by atoms with Gasteiger partial charge in [-0.05, 0) is 55.9 Å². The van der Waals surface area contributed by atoms with Crippen LogP contribution in [0.3, 0.4) is 0 Å². The van der Waals surface area contributed by atoms with Gasteiger partial charge in [0.1, 0.15) is 6.04 Å².